The molecule has 0 unspecified atom stereocenters. The highest BCUT2D eigenvalue weighted by Crippen LogP contribution is 2.18. The van der Waals surface area contributed by atoms with E-state index in [1.54, 1.807) is 18.6 Å². The molecular weight excluding hydrogens is 338 g/mol. The molecule has 134 valence electrons. The number of nitrogens with one attached hydrogen (secondary N) is 1. The lowest BCUT2D eigenvalue weighted by Gasteiger charge is -2.27. The molecule has 0 saturated carbocycles. The highest BCUT2D eigenvalue weighted by Gasteiger charge is 2.19. The Morgan fingerprint density at radius 3 is 2.65 bits per heavy atom. The highest BCUT2D eigenvalue weighted by atomic mass is 19.1. The topological polar surface area (TPSA) is 58.9 Å². The van der Waals surface area contributed by atoms with E-state index in [4.69, 9.17) is 0 Å². The van der Waals surface area contributed by atoms with Crippen molar-refractivity contribution in [1.82, 2.24) is 24.6 Å². The second-order valence-electron chi connectivity index (χ2n) is 6.28. The molecule has 0 saturated heterocycles. The van der Waals surface area contributed by atoms with Gasteiger partial charge in [0.15, 0.2) is 0 Å². The van der Waals surface area contributed by atoms with Crippen molar-refractivity contribution in [2.45, 2.75) is 26.2 Å². The third kappa shape index (κ3) is 3.85. The van der Waals surface area contributed by atoms with Crippen molar-refractivity contribution in [3.63, 3.8) is 0 Å². The van der Waals surface area contributed by atoms with Crippen LogP contribution in [-0.4, -0.2) is 31.2 Å². The number of fused-ring (bicyclic) bond motifs is 1. The van der Waals surface area contributed by atoms with Gasteiger partial charge >= 0.3 is 0 Å². The Morgan fingerprint density at radius 2 is 1.88 bits per heavy atom. The summed E-state index contributed by atoms with van der Waals surface area (Å²) in [6.07, 6.45) is 4.92. The maximum absolute atomic E-state index is 13.4. The maximum Gasteiger partial charge on any atom is 0.144 e. The average Bonchev–Trinajstić information content (AvgIpc) is 3.02. The van der Waals surface area contributed by atoms with Gasteiger partial charge in [-0.25, -0.2) is 13.8 Å². The van der Waals surface area contributed by atoms with Crippen molar-refractivity contribution >= 4 is 5.82 Å². The Bertz CT molecular complexity index is 876. The Hall–Kier alpha value is -2.87. The summed E-state index contributed by atoms with van der Waals surface area (Å²) in [6.45, 7) is 3.29. The van der Waals surface area contributed by atoms with Crippen LogP contribution < -0.4 is 5.32 Å². The SMILES string of the molecule is Fc1cc(F)cc(CN2CCn3nc(CNc4cnccn4)cc3C2)c1. The molecule has 0 fully saturated rings. The molecule has 1 N–H and O–H groups in total. The highest BCUT2D eigenvalue weighted by molar-refractivity contribution is 5.31. The van der Waals surface area contributed by atoms with E-state index in [1.807, 2.05) is 10.7 Å². The molecule has 1 aliphatic rings. The normalized spacial score (nSPS) is 14.2. The van der Waals surface area contributed by atoms with Crippen LogP contribution in [0.1, 0.15) is 17.0 Å². The van der Waals surface area contributed by atoms with Gasteiger partial charge in [-0.15, -0.1) is 0 Å². The van der Waals surface area contributed by atoms with E-state index >= 15 is 0 Å². The molecule has 3 aromatic rings. The van der Waals surface area contributed by atoms with Crippen LogP contribution in [0.15, 0.2) is 42.9 Å². The Balaban J connectivity index is 1.40. The second kappa shape index (κ2) is 7.17. The number of hydrogen-bond acceptors (Lipinski definition) is 5. The van der Waals surface area contributed by atoms with Crippen LogP contribution in [0.25, 0.3) is 0 Å². The molecule has 26 heavy (non-hydrogen) atoms. The van der Waals surface area contributed by atoms with E-state index < -0.39 is 11.6 Å². The van der Waals surface area contributed by atoms with Gasteiger partial charge in [0.05, 0.1) is 30.7 Å². The first-order valence-electron chi connectivity index (χ1n) is 8.38. The zero-order valence-corrected chi connectivity index (χ0v) is 14.1. The number of hydrogen-bond donors (Lipinski definition) is 1. The Labute approximate surface area is 149 Å². The van der Waals surface area contributed by atoms with Crippen LogP contribution in [0.3, 0.4) is 0 Å². The Morgan fingerprint density at radius 1 is 1.04 bits per heavy atom. The first kappa shape index (κ1) is 16.6. The number of halogens is 2. The predicted octanol–water partition coefficient (Wildman–Crippen LogP) is 2.58. The molecule has 0 aliphatic carbocycles. The standard InChI is InChI=1S/C18H18F2N6/c19-14-5-13(6-15(20)7-14)11-25-3-4-26-17(12-25)8-16(24-26)9-23-18-10-21-1-2-22-18/h1-2,5-8,10H,3-4,9,11-12H2,(H,22,23). The minimum atomic E-state index is -0.542. The number of aromatic nitrogens is 4. The third-order valence-corrected chi connectivity index (χ3v) is 4.27. The molecule has 3 heterocycles. The van der Waals surface area contributed by atoms with E-state index in [0.29, 0.717) is 31.0 Å². The summed E-state index contributed by atoms with van der Waals surface area (Å²) < 4.78 is 28.7. The predicted molar refractivity (Wildman–Crippen MR) is 92.1 cm³/mol. The minimum absolute atomic E-state index is 0.507. The van der Waals surface area contributed by atoms with Crippen LogP contribution in [0, 0.1) is 11.6 Å². The average molecular weight is 356 g/mol. The molecule has 0 amide bonds. The van der Waals surface area contributed by atoms with Crippen LogP contribution in [-0.2, 0) is 26.2 Å². The van der Waals surface area contributed by atoms with Crippen LogP contribution in [0.4, 0.5) is 14.6 Å². The zero-order chi connectivity index (χ0) is 17.9. The van der Waals surface area contributed by atoms with Crippen LogP contribution in [0.5, 0.6) is 0 Å². The molecule has 1 aromatic carbocycles. The molecule has 6 nitrogen and oxygen atoms in total. The summed E-state index contributed by atoms with van der Waals surface area (Å²) >= 11 is 0. The molecule has 8 heteroatoms. The molecule has 0 radical (unpaired) electrons. The van der Waals surface area contributed by atoms with E-state index in [2.05, 4.69) is 25.3 Å². The van der Waals surface area contributed by atoms with Crippen molar-refractivity contribution in [1.29, 1.82) is 0 Å². The molecular formula is C18H18F2N6. The minimum Gasteiger partial charge on any atom is -0.363 e. The smallest absolute Gasteiger partial charge is 0.144 e. The van der Waals surface area contributed by atoms with Crippen molar-refractivity contribution in [2.24, 2.45) is 0 Å². The lowest BCUT2D eigenvalue weighted by Crippen LogP contribution is -2.33. The first-order valence-corrected chi connectivity index (χ1v) is 8.38. The summed E-state index contributed by atoms with van der Waals surface area (Å²) in [5.41, 5.74) is 2.65. The quantitative estimate of drug-likeness (QED) is 0.761. The monoisotopic (exact) mass is 356 g/mol. The fourth-order valence-corrected chi connectivity index (χ4v) is 3.13. The van der Waals surface area contributed by atoms with Crippen molar-refractivity contribution < 1.29 is 8.78 Å². The van der Waals surface area contributed by atoms with Gasteiger partial charge in [-0.2, -0.15) is 5.10 Å². The van der Waals surface area contributed by atoms with Gasteiger partial charge in [0.2, 0.25) is 0 Å². The third-order valence-electron chi connectivity index (χ3n) is 4.27. The lowest BCUT2D eigenvalue weighted by atomic mass is 10.2. The summed E-state index contributed by atoms with van der Waals surface area (Å²) in [7, 11) is 0. The first-order chi connectivity index (χ1) is 12.7. The summed E-state index contributed by atoms with van der Waals surface area (Å²) in [5, 5.41) is 7.78. The zero-order valence-electron chi connectivity index (χ0n) is 14.1. The molecule has 2 aromatic heterocycles. The van der Waals surface area contributed by atoms with Gasteiger partial charge in [-0.1, -0.05) is 0 Å². The van der Waals surface area contributed by atoms with Gasteiger partial charge < -0.3 is 5.32 Å². The lowest BCUT2D eigenvalue weighted by molar-refractivity contribution is 0.204. The van der Waals surface area contributed by atoms with E-state index in [9.17, 15) is 8.78 Å². The molecule has 1 aliphatic heterocycles. The maximum atomic E-state index is 13.4. The number of anilines is 1. The Kier molecular flexibility index (Phi) is 4.57. The van der Waals surface area contributed by atoms with Crippen LogP contribution >= 0.6 is 0 Å². The largest absolute Gasteiger partial charge is 0.363 e. The molecule has 0 spiro atoms. The fraction of sp³-hybridized carbons (Fsp3) is 0.278. The van der Waals surface area contributed by atoms with E-state index in [0.717, 1.165) is 30.5 Å². The van der Waals surface area contributed by atoms with Crippen molar-refractivity contribution in [3.8, 4) is 0 Å². The molecule has 0 bridgehead atoms. The number of nitrogens with zero attached hydrogens (tertiary/aromatic N) is 5. The van der Waals surface area contributed by atoms with E-state index in [-0.39, 0.29) is 0 Å². The summed E-state index contributed by atoms with van der Waals surface area (Å²) in [6, 6.07) is 5.70. The van der Waals surface area contributed by atoms with E-state index in [1.165, 1.54) is 12.1 Å². The summed E-state index contributed by atoms with van der Waals surface area (Å²) in [5.74, 6) is -0.382. The summed E-state index contributed by atoms with van der Waals surface area (Å²) in [4.78, 5) is 10.3. The van der Waals surface area contributed by atoms with Crippen molar-refractivity contribution in [2.75, 3.05) is 11.9 Å². The fourth-order valence-electron chi connectivity index (χ4n) is 3.13. The van der Waals surface area contributed by atoms with Crippen molar-refractivity contribution in [3.05, 3.63) is 71.4 Å². The van der Waals surface area contributed by atoms with Crippen LogP contribution in [0.2, 0.25) is 0 Å². The van der Waals surface area contributed by atoms with Gasteiger partial charge in [-0.05, 0) is 23.8 Å². The second-order valence-corrected chi connectivity index (χ2v) is 6.28. The van der Waals surface area contributed by atoms with Gasteiger partial charge in [0, 0.05) is 38.1 Å². The van der Waals surface area contributed by atoms with Gasteiger partial charge in [0.1, 0.15) is 17.5 Å². The number of rotatable bonds is 5. The number of benzene rings is 1. The molecule has 4 rings (SSSR count). The van der Waals surface area contributed by atoms with Gasteiger partial charge in [0.25, 0.3) is 0 Å². The van der Waals surface area contributed by atoms with Gasteiger partial charge in [-0.3, -0.25) is 14.6 Å². The molecule has 0 atom stereocenters.